The number of hydrogen-bond donors (Lipinski definition) is 2. The summed E-state index contributed by atoms with van der Waals surface area (Å²) in [6, 6.07) is 9.40. The van der Waals surface area contributed by atoms with Crippen molar-refractivity contribution < 1.29 is 19.0 Å². The first-order valence-corrected chi connectivity index (χ1v) is 5.93. The van der Waals surface area contributed by atoms with Crippen LogP contribution in [0.5, 0.6) is 11.5 Å². The molecule has 0 saturated heterocycles. The molecule has 0 unspecified atom stereocenters. The largest absolute Gasteiger partial charge is 0.507 e. The molecule has 0 radical (unpaired) electrons. The third kappa shape index (κ3) is 3.09. The van der Waals surface area contributed by atoms with E-state index in [1.807, 2.05) is 0 Å². The standard InChI is InChI=1S/C15H11FN2O3/c1-21-11-3-5-14(19)12(7-11)15(20)18-13-4-2-10(16)6-9(13)8-17/h2-7,19H,1H3,(H,18,20). The van der Waals surface area contributed by atoms with Gasteiger partial charge in [-0.1, -0.05) is 0 Å². The maximum atomic E-state index is 13.0. The lowest BCUT2D eigenvalue weighted by Crippen LogP contribution is -2.13. The number of hydrogen-bond acceptors (Lipinski definition) is 4. The van der Waals surface area contributed by atoms with Crippen molar-refractivity contribution in [3.05, 3.63) is 53.3 Å². The Bertz CT molecular complexity index is 738. The van der Waals surface area contributed by atoms with Crippen molar-refractivity contribution in [2.75, 3.05) is 12.4 Å². The Morgan fingerprint density at radius 2 is 2.10 bits per heavy atom. The number of aromatic hydroxyl groups is 1. The van der Waals surface area contributed by atoms with Crippen molar-refractivity contribution in [1.82, 2.24) is 0 Å². The van der Waals surface area contributed by atoms with Crippen LogP contribution < -0.4 is 10.1 Å². The fraction of sp³-hybridized carbons (Fsp3) is 0.0667. The van der Waals surface area contributed by atoms with E-state index in [2.05, 4.69) is 5.32 Å². The van der Waals surface area contributed by atoms with Gasteiger partial charge in [0.2, 0.25) is 0 Å². The van der Waals surface area contributed by atoms with Gasteiger partial charge in [-0.05, 0) is 36.4 Å². The number of nitrogens with zero attached hydrogens (tertiary/aromatic N) is 1. The summed E-state index contributed by atoms with van der Waals surface area (Å²) in [4.78, 5) is 12.1. The van der Waals surface area contributed by atoms with Gasteiger partial charge in [-0.2, -0.15) is 5.26 Å². The second-order valence-corrected chi connectivity index (χ2v) is 4.14. The number of nitriles is 1. The predicted octanol–water partition coefficient (Wildman–Crippen LogP) is 2.66. The van der Waals surface area contributed by atoms with E-state index >= 15 is 0 Å². The summed E-state index contributed by atoms with van der Waals surface area (Å²) in [6.07, 6.45) is 0. The third-order valence-electron chi connectivity index (χ3n) is 2.80. The number of carbonyl (C=O) groups excluding carboxylic acids is 1. The summed E-state index contributed by atoms with van der Waals surface area (Å²) >= 11 is 0. The molecule has 2 aromatic carbocycles. The van der Waals surface area contributed by atoms with Gasteiger partial charge in [-0.3, -0.25) is 4.79 Å². The van der Waals surface area contributed by atoms with Gasteiger partial charge in [-0.15, -0.1) is 0 Å². The normalized spacial score (nSPS) is 9.76. The number of carbonyl (C=O) groups is 1. The predicted molar refractivity (Wildman–Crippen MR) is 73.7 cm³/mol. The van der Waals surface area contributed by atoms with Gasteiger partial charge in [0.1, 0.15) is 23.4 Å². The highest BCUT2D eigenvalue weighted by molar-refractivity contribution is 6.06. The van der Waals surface area contributed by atoms with E-state index in [1.54, 1.807) is 6.07 Å². The van der Waals surface area contributed by atoms with Crippen LogP contribution >= 0.6 is 0 Å². The summed E-state index contributed by atoms with van der Waals surface area (Å²) < 4.78 is 18.0. The van der Waals surface area contributed by atoms with Crippen LogP contribution in [0.1, 0.15) is 15.9 Å². The third-order valence-corrected chi connectivity index (χ3v) is 2.80. The number of anilines is 1. The highest BCUT2D eigenvalue weighted by Gasteiger charge is 2.14. The minimum absolute atomic E-state index is 0.00858. The lowest BCUT2D eigenvalue weighted by Gasteiger charge is -2.09. The van der Waals surface area contributed by atoms with Crippen molar-refractivity contribution in [2.45, 2.75) is 0 Å². The molecule has 1 amide bonds. The van der Waals surface area contributed by atoms with Crippen LogP contribution in [0.3, 0.4) is 0 Å². The van der Waals surface area contributed by atoms with Crippen LogP contribution in [-0.2, 0) is 0 Å². The molecule has 0 saturated carbocycles. The van der Waals surface area contributed by atoms with Crippen molar-refractivity contribution >= 4 is 11.6 Å². The maximum Gasteiger partial charge on any atom is 0.259 e. The molecular formula is C15H11FN2O3. The monoisotopic (exact) mass is 286 g/mol. The van der Waals surface area contributed by atoms with Crippen molar-refractivity contribution in [1.29, 1.82) is 5.26 Å². The van der Waals surface area contributed by atoms with Gasteiger partial charge in [0.05, 0.1) is 23.9 Å². The summed E-state index contributed by atoms with van der Waals surface area (Å²) in [5.74, 6) is -1.03. The molecule has 21 heavy (non-hydrogen) atoms. The first kappa shape index (κ1) is 14.3. The number of ether oxygens (including phenoxy) is 1. The Kier molecular flexibility index (Phi) is 4.05. The summed E-state index contributed by atoms with van der Waals surface area (Å²) in [5, 5.41) is 21.1. The van der Waals surface area contributed by atoms with Gasteiger partial charge in [0, 0.05) is 0 Å². The number of methoxy groups -OCH3 is 1. The lowest BCUT2D eigenvalue weighted by atomic mass is 10.1. The molecule has 0 aliphatic carbocycles. The van der Waals surface area contributed by atoms with Crippen molar-refractivity contribution in [2.24, 2.45) is 0 Å². The number of benzene rings is 2. The number of halogens is 1. The number of phenols is 1. The summed E-state index contributed by atoms with van der Waals surface area (Å²) in [6.45, 7) is 0. The van der Waals surface area contributed by atoms with E-state index in [0.29, 0.717) is 5.75 Å². The van der Waals surface area contributed by atoms with Gasteiger partial charge in [0.15, 0.2) is 0 Å². The number of nitrogens with one attached hydrogen (secondary N) is 1. The average molecular weight is 286 g/mol. The van der Waals surface area contributed by atoms with Crippen molar-refractivity contribution in [3.63, 3.8) is 0 Å². The van der Waals surface area contributed by atoms with E-state index in [9.17, 15) is 14.3 Å². The molecule has 0 aliphatic heterocycles. The molecule has 106 valence electrons. The first-order valence-electron chi connectivity index (χ1n) is 5.93. The lowest BCUT2D eigenvalue weighted by molar-refractivity contribution is 0.102. The summed E-state index contributed by atoms with van der Waals surface area (Å²) in [5.41, 5.74) is 0.138. The summed E-state index contributed by atoms with van der Waals surface area (Å²) in [7, 11) is 1.43. The van der Waals surface area contributed by atoms with Crippen LogP contribution in [0.25, 0.3) is 0 Å². The molecule has 5 nitrogen and oxygen atoms in total. The zero-order valence-electron chi connectivity index (χ0n) is 11.1. The smallest absolute Gasteiger partial charge is 0.259 e. The molecule has 0 aliphatic rings. The topological polar surface area (TPSA) is 82.3 Å². The van der Waals surface area contributed by atoms with Crippen LogP contribution in [0, 0.1) is 17.1 Å². The Hall–Kier alpha value is -3.07. The van der Waals surface area contributed by atoms with E-state index < -0.39 is 11.7 Å². The molecule has 6 heteroatoms. The molecular weight excluding hydrogens is 275 g/mol. The molecule has 0 aromatic heterocycles. The zero-order valence-corrected chi connectivity index (χ0v) is 11.1. The van der Waals surface area contributed by atoms with Crippen LogP contribution in [0.2, 0.25) is 0 Å². The van der Waals surface area contributed by atoms with E-state index in [1.165, 1.54) is 31.4 Å². The molecule has 2 N–H and O–H groups in total. The molecule has 0 spiro atoms. The quantitative estimate of drug-likeness (QED) is 0.908. The molecule has 2 aromatic rings. The van der Waals surface area contributed by atoms with Gasteiger partial charge < -0.3 is 15.2 Å². The average Bonchev–Trinajstić information content (AvgIpc) is 2.49. The number of rotatable bonds is 3. The minimum atomic E-state index is -0.630. The van der Waals surface area contributed by atoms with Gasteiger partial charge in [-0.25, -0.2) is 4.39 Å². The van der Waals surface area contributed by atoms with E-state index in [4.69, 9.17) is 10.00 Å². The Morgan fingerprint density at radius 1 is 1.33 bits per heavy atom. The Balaban J connectivity index is 2.33. The number of amides is 1. The second-order valence-electron chi connectivity index (χ2n) is 4.14. The molecule has 0 heterocycles. The first-order chi connectivity index (χ1) is 10.0. The highest BCUT2D eigenvalue weighted by atomic mass is 19.1. The van der Waals surface area contributed by atoms with Crippen LogP contribution in [-0.4, -0.2) is 18.1 Å². The molecule has 2 rings (SSSR count). The van der Waals surface area contributed by atoms with Gasteiger partial charge >= 0.3 is 0 Å². The number of phenolic OH excluding ortho intramolecular Hbond substituents is 1. The minimum Gasteiger partial charge on any atom is -0.507 e. The molecule has 0 bridgehead atoms. The fourth-order valence-electron chi connectivity index (χ4n) is 1.73. The van der Waals surface area contributed by atoms with Crippen LogP contribution in [0.4, 0.5) is 10.1 Å². The second kappa shape index (κ2) is 5.92. The highest BCUT2D eigenvalue weighted by Crippen LogP contribution is 2.24. The SMILES string of the molecule is COc1ccc(O)c(C(=O)Nc2ccc(F)cc2C#N)c1. The van der Waals surface area contributed by atoms with Crippen LogP contribution in [0.15, 0.2) is 36.4 Å². The van der Waals surface area contributed by atoms with E-state index in [0.717, 1.165) is 12.1 Å². The molecule has 0 atom stereocenters. The fourth-order valence-corrected chi connectivity index (χ4v) is 1.73. The maximum absolute atomic E-state index is 13.0. The Labute approximate surface area is 120 Å². The molecule has 0 fully saturated rings. The van der Waals surface area contributed by atoms with E-state index in [-0.39, 0.29) is 22.6 Å². The van der Waals surface area contributed by atoms with Crippen molar-refractivity contribution in [3.8, 4) is 17.6 Å². The Morgan fingerprint density at radius 3 is 2.76 bits per heavy atom. The van der Waals surface area contributed by atoms with Gasteiger partial charge in [0.25, 0.3) is 5.91 Å². The zero-order chi connectivity index (χ0) is 15.4.